The second-order valence-corrected chi connectivity index (χ2v) is 10.4. The lowest BCUT2D eigenvalue weighted by Crippen LogP contribution is -2.51. The summed E-state index contributed by atoms with van der Waals surface area (Å²) in [6, 6.07) is 24.7. The molecule has 0 saturated carbocycles. The Kier molecular flexibility index (Phi) is 6.70. The lowest BCUT2D eigenvalue weighted by atomic mass is 9.96. The van der Waals surface area contributed by atoms with Gasteiger partial charge < -0.3 is 10.1 Å². The Morgan fingerprint density at radius 3 is 2.24 bits per heavy atom. The number of nitrogens with zero attached hydrogens (tertiary/aromatic N) is 1. The number of anilines is 1. The van der Waals surface area contributed by atoms with Gasteiger partial charge in [0.2, 0.25) is 0 Å². The number of para-hydroxylation sites is 2. The molecule has 0 aromatic heterocycles. The predicted octanol–water partition coefficient (Wildman–Crippen LogP) is 4.55. The fraction of sp³-hybridized carbons (Fsp3) is 0.269. The van der Waals surface area contributed by atoms with Crippen molar-refractivity contribution in [2.75, 3.05) is 10.8 Å². The molecule has 0 unspecified atom stereocenters. The van der Waals surface area contributed by atoms with Crippen molar-refractivity contribution in [1.29, 1.82) is 0 Å². The van der Waals surface area contributed by atoms with Crippen molar-refractivity contribution >= 4 is 21.6 Å². The van der Waals surface area contributed by atoms with Crippen molar-refractivity contribution in [2.24, 2.45) is 5.92 Å². The zero-order valence-electron chi connectivity index (χ0n) is 18.7. The number of fused-ring (bicyclic) bond motifs is 1. The third-order valence-electron chi connectivity index (χ3n) is 5.58. The maximum Gasteiger partial charge on any atom is 0.264 e. The summed E-state index contributed by atoms with van der Waals surface area (Å²) >= 11 is 0. The first-order valence-electron chi connectivity index (χ1n) is 11.0. The molecule has 0 saturated heterocycles. The van der Waals surface area contributed by atoms with Crippen LogP contribution in [0.2, 0.25) is 0 Å². The van der Waals surface area contributed by atoms with Crippen LogP contribution in [0.25, 0.3) is 0 Å². The molecule has 1 N–H and O–H groups in total. The van der Waals surface area contributed by atoms with Crippen molar-refractivity contribution < 1.29 is 17.9 Å². The molecule has 0 bridgehead atoms. The predicted molar refractivity (Wildman–Crippen MR) is 129 cm³/mol. The minimum Gasteiger partial charge on any atom is -0.476 e. The summed E-state index contributed by atoms with van der Waals surface area (Å²) in [5.41, 5.74) is 1.43. The van der Waals surface area contributed by atoms with Crippen LogP contribution in [0.15, 0.2) is 89.8 Å². The van der Waals surface area contributed by atoms with Gasteiger partial charge in [-0.2, -0.15) is 0 Å². The van der Waals surface area contributed by atoms with Crippen molar-refractivity contribution in [3.63, 3.8) is 0 Å². The molecule has 1 heterocycles. The molecular formula is C26H28N2O4S. The molecule has 3 aromatic rings. The number of hydrogen-bond donors (Lipinski definition) is 1. The average molecular weight is 465 g/mol. The number of sulfonamides is 1. The molecule has 3 aromatic carbocycles. The highest BCUT2D eigenvalue weighted by Crippen LogP contribution is 2.37. The minimum absolute atomic E-state index is 0.108. The lowest BCUT2D eigenvalue weighted by Gasteiger charge is -2.35. The van der Waals surface area contributed by atoms with E-state index < -0.39 is 16.1 Å². The van der Waals surface area contributed by atoms with E-state index in [0.717, 1.165) is 12.0 Å². The Balaban J connectivity index is 1.63. The highest BCUT2D eigenvalue weighted by Gasteiger charge is 2.38. The second kappa shape index (κ2) is 9.67. The van der Waals surface area contributed by atoms with E-state index in [2.05, 4.69) is 19.2 Å². The molecular weight excluding hydrogens is 436 g/mol. The van der Waals surface area contributed by atoms with Crippen molar-refractivity contribution in [2.45, 2.75) is 37.3 Å². The van der Waals surface area contributed by atoms with Gasteiger partial charge in [0.25, 0.3) is 15.9 Å². The van der Waals surface area contributed by atoms with Gasteiger partial charge in [0.1, 0.15) is 5.75 Å². The van der Waals surface area contributed by atoms with Crippen LogP contribution in [-0.2, 0) is 14.8 Å². The van der Waals surface area contributed by atoms with Crippen LogP contribution in [0, 0.1) is 5.92 Å². The van der Waals surface area contributed by atoms with E-state index in [1.54, 1.807) is 54.6 Å². The third-order valence-corrected chi connectivity index (χ3v) is 7.38. The van der Waals surface area contributed by atoms with Gasteiger partial charge in [-0.25, -0.2) is 8.42 Å². The van der Waals surface area contributed by atoms with E-state index in [9.17, 15) is 13.2 Å². The van der Waals surface area contributed by atoms with Gasteiger partial charge in [-0.15, -0.1) is 0 Å². The molecule has 4 rings (SSSR count). The fourth-order valence-corrected chi connectivity index (χ4v) is 5.48. The zero-order chi connectivity index (χ0) is 23.4. The van der Waals surface area contributed by atoms with E-state index in [0.29, 0.717) is 17.4 Å². The van der Waals surface area contributed by atoms with Crippen LogP contribution >= 0.6 is 0 Å². The number of ether oxygens (including phenoxy) is 1. The van der Waals surface area contributed by atoms with Crippen molar-refractivity contribution in [3.8, 4) is 5.75 Å². The van der Waals surface area contributed by atoms with Crippen LogP contribution < -0.4 is 14.4 Å². The first-order chi connectivity index (χ1) is 15.9. The molecule has 6 nitrogen and oxygen atoms in total. The maximum absolute atomic E-state index is 13.4. The number of benzene rings is 3. The number of carbonyl (C=O) groups excluding carboxylic acids is 1. The van der Waals surface area contributed by atoms with Gasteiger partial charge in [0, 0.05) is 0 Å². The fourth-order valence-electron chi connectivity index (χ4n) is 3.99. The van der Waals surface area contributed by atoms with Gasteiger partial charge in [0.15, 0.2) is 6.10 Å². The molecule has 1 amide bonds. The average Bonchev–Trinajstić information content (AvgIpc) is 2.83. The van der Waals surface area contributed by atoms with Crippen LogP contribution in [0.3, 0.4) is 0 Å². The summed E-state index contributed by atoms with van der Waals surface area (Å²) in [5, 5.41) is 3.09. The number of carbonyl (C=O) groups is 1. The van der Waals surface area contributed by atoms with Crippen molar-refractivity contribution in [1.82, 2.24) is 5.32 Å². The Bertz CT molecular complexity index is 1200. The summed E-state index contributed by atoms with van der Waals surface area (Å²) in [4.78, 5) is 13.5. The second-order valence-electron chi connectivity index (χ2n) is 8.52. The van der Waals surface area contributed by atoms with E-state index in [-0.39, 0.29) is 23.4 Å². The number of nitrogens with one attached hydrogen (secondary N) is 1. The Labute approximate surface area is 195 Å². The van der Waals surface area contributed by atoms with Gasteiger partial charge in [0.05, 0.1) is 23.2 Å². The molecule has 0 spiro atoms. The van der Waals surface area contributed by atoms with Gasteiger partial charge in [-0.1, -0.05) is 74.5 Å². The molecule has 0 radical (unpaired) electrons. The summed E-state index contributed by atoms with van der Waals surface area (Å²) < 4.78 is 34.1. The number of amides is 1. The van der Waals surface area contributed by atoms with E-state index >= 15 is 0 Å². The van der Waals surface area contributed by atoms with Crippen LogP contribution in [0.5, 0.6) is 5.75 Å². The Morgan fingerprint density at radius 2 is 1.58 bits per heavy atom. The third kappa shape index (κ3) is 5.03. The zero-order valence-corrected chi connectivity index (χ0v) is 19.5. The number of hydrogen-bond acceptors (Lipinski definition) is 4. The normalized spacial score (nSPS) is 16.6. The van der Waals surface area contributed by atoms with Crippen molar-refractivity contribution in [3.05, 3.63) is 90.5 Å². The van der Waals surface area contributed by atoms with Gasteiger partial charge in [-0.3, -0.25) is 9.10 Å². The van der Waals surface area contributed by atoms with E-state index in [1.807, 2.05) is 30.3 Å². The summed E-state index contributed by atoms with van der Waals surface area (Å²) in [7, 11) is -3.87. The van der Waals surface area contributed by atoms with Crippen LogP contribution in [0.4, 0.5) is 5.69 Å². The monoisotopic (exact) mass is 464 g/mol. The topological polar surface area (TPSA) is 75.7 Å². The molecule has 7 heteroatoms. The van der Waals surface area contributed by atoms with Gasteiger partial charge >= 0.3 is 0 Å². The summed E-state index contributed by atoms with van der Waals surface area (Å²) in [6.45, 7) is 4.09. The van der Waals surface area contributed by atoms with Crippen LogP contribution in [0.1, 0.15) is 31.9 Å². The first kappa shape index (κ1) is 22.9. The van der Waals surface area contributed by atoms with Crippen LogP contribution in [-0.4, -0.2) is 27.0 Å². The standard InChI is InChI=1S/C26H28N2O4S/c1-19(2)17-22(20-11-5-3-6-12-20)27-26(29)25-18-28(23-15-9-10-16-24(23)32-25)33(30,31)21-13-7-4-8-14-21/h3-16,19,22,25H,17-18H2,1-2H3,(H,27,29)/t22-,25-/m0/s1. The molecule has 172 valence electrons. The molecule has 2 atom stereocenters. The Hall–Kier alpha value is -3.32. The minimum atomic E-state index is -3.87. The smallest absolute Gasteiger partial charge is 0.264 e. The number of rotatable bonds is 7. The Morgan fingerprint density at radius 1 is 0.970 bits per heavy atom. The highest BCUT2D eigenvalue weighted by molar-refractivity contribution is 7.92. The maximum atomic E-state index is 13.4. The summed E-state index contributed by atoms with van der Waals surface area (Å²) in [5.74, 6) is 0.384. The van der Waals surface area contributed by atoms with E-state index in [4.69, 9.17) is 4.74 Å². The molecule has 1 aliphatic rings. The van der Waals surface area contributed by atoms with E-state index in [1.165, 1.54) is 4.31 Å². The van der Waals surface area contributed by atoms with Gasteiger partial charge in [-0.05, 0) is 42.2 Å². The molecule has 1 aliphatic heterocycles. The molecule has 0 fully saturated rings. The highest BCUT2D eigenvalue weighted by atomic mass is 32.2. The molecule has 0 aliphatic carbocycles. The largest absolute Gasteiger partial charge is 0.476 e. The lowest BCUT2D eigenvalue weighted by molar-refractivity contribution is -0.128. The quantitative estimate of drug-likeness (QED) is 0.557. The molecule has 33 heavy (non-hydrogen) atoms. The SMILES string of the molecule is CC(C)C[C@H](NC(=O)[C@@H]1CN(S(=O)(=O)c2ccccc2)c2ccccc2O1)c1ccccc1. The summed E-state index contributed by atoms with van der Waals surface area (Å²) in [6.07, 6.45) is -0.220. The first-order valence-corrected chi connectivity index (χ1v) is 12.5.